The van der Waals surface area contributed by atoms with E-state index in [1.54, 1.807) is 19.1 Å². The van der Waals surface area contributed by atoms with E-state index >= 15 is 0 Å². The lowest BCUT2D eigenvalue weighted by molar-refractivity contribution is -0.384. The van der Waals surface area contributed by atoms with Crippen molar-refractivity contribution in [3.8, 4) is 5.75 Å². The maximum atomic E-state index is 11.7. The summed E-state index contributed by atoms with van der Waals surface area (Å²) in [4.78, 5) is 22.0. The molecule has 0 amide bonds. The number of rotatable bonds is 6. The van der Waals surface area contributed by atoms with Crippen molar-refractivity contribution in [2.75, 3.05) is 0 Å². The number of benzene rings is 1. The fraction of sp³-hybridized carbons (Fsp3) is 0.286. The highest BCUT2D eigenvalue weighted by molar-refractivity contribution is 5.57. The van der Waals surface area contributed by atoms with Crippen LogP contribution in [0.4, 0.5) is 5.69 Å². The van der Waals surface area contributed by atoms with Crippen molar-refractivity contribution >= 4 is 11.8 Å². The molecule has 2 rings (SSSR count). The van der Waals surface area contributed by atoms with Crippen molar-refractivity contribution in [3.05, 3.63) is 84.5 Å². The number of allylic oxidation sites excluding steroid dienone is 2. The second-order valence-electron chi connectivity index (χ2n) is 6.80. The van der Waals surface area contributed by atoms with Gasteiger partial charge in [0.05, 0.1) is 10.5 Å². The normalized spacial score (nSPS) is 13.5. The van der Waals surface area contributed by atoms with E-state index in [2.05, 4.69) is 0 Å². The Labute approximate surface area is 162 Å². The van der Waals surface area contributed by atoms with Crippen molar-refractivity contribution in [2.24, 2.45) is 0 Å². The van der Waals surface area contributed by atoms with E-state index in [0.717, 1.165) is 16.7 Å². The Kier molecular flexibility index (Phi) is 6.53. The molecule has 0 aliphatic rings. The Morgan fingerprint density at radius 1 is 1.21 bits per heavy atom. The third kappa shape index (κ3) is 4.95. The summed E-state index contributed by atoms with van der Waals surface area (Å²) in [6.45, 7) is 6.75. The van der Waals surface area contributed by atoms with Crippen LogP contribution < -0.4 is 5.63 Å². The van der Waals surface area contributed by atoms with Gasteiger partial charge in [-0.05, 0) is 45.4 Å². The lowest BCUT2D eigenvalue weighted by atomic mass is 10.0. The molecule has 1 aromatic heterocycles. The second-order valence-corrected chi connectivity index (χ2v) is 6.80. The molecule has 28 heavy (non-hydrogen) atoms. The number of nitro benzene ring substituents is 1. The molecule has 148 valence electrons. The van der Waals surface area contributed by atoms with Crippen LogP contribution in [0.2, 0.25) is 0 Å². The number of aliphatic hydroxyl groups is 1. The zero-order valence-electron chi connectivity index (χ0n) is 16.2. The van der Waals surface area contributed by atoms with E-state index in [1.165, 1.54) is 19.1 Å². The van der Waals surface area contributed by atoms with Gasteiger partial charge in [-0.15, -0.1) is 0 Å². The number of nitro groups is 1. The molecule has 0 aliphatic heterocycles. The van der Waals surface area contributed by atoms with E-state index in [4.69, 9.17) is 4.42 Å². The molecule has 0 fully saturated rings. The minimum absolute atomic E-state index is 0.0304. The average molecular weight is 385 g/mol. The SMILES string of the molecule is CC(=C\c1ccc([N+](=O)[O-])cc1)/C=C(\C)CC(O)c1oc(=O)c(C)c(O)c1C. The lowest BCUT2D eigenvalue weighted by Gasteiger charge is -2.14. The first-order valence-electron chi connectivity index (χ1n) is 8.71. The molecule has 1 heterocycles. The van der Waals surface area contributed by atoms with Gasteiger partial charge in [-0.2, -0.15) is 0 Å². The highest BCUT2D eigenvalue weighted by Gasteiger charge is 2.20. The fourth-order valence-electron chi connectivity index (χ4n) is 2.91. The quantitative estimate of drug-likeness (QED) is 0.434. The van der Waals surface area contributed by atoms with E-state index in [1.807, 2.05) is 26.0 Å². The Hall–Kier alpha value is -3.19. The van der Waals surface area contributed by atoms with Gasteiger partial charge in [-0.3, -0.25) is 10.1 Å². The lowest BCUT2D eigenvalue weighted by Crippen LogP contribution is -2.11. The highest BCUT2D eigenvalue weighted by Crippen LogP contribution is 2.29. The minimum Gasteiger partial charge on any atom is -0.507 e. The smallest absolute Gasteiger partial charge is 0.342 e. The van der Waals surface area contributed by atoms with Gasteiger partial charge < -0.3 is 14.6 Å². The van der Waals surface area contributed by atoms with Crippen LogP contribution in [0.5, 0.6) is 5.75 Å². The standard InChI is InChI=1S/C21H23NO6/c1-12(10-16-5-7-17(8-6-16)22(26)27)9-13(2)11-18(23)20-14(3)19(24)15(4)21(25)28-20/h5-10,18,23-24H,11H2,1-4H3/b12-10+,13-9+. The second kappa shape index (κ2) is 8.67. The maximum Gasteiger partial charge on any atom is 0.342 e. The molecule has 0 bridgehead atoms. The average Bonchev–Trinajstić information content (AvgIpc) is 2.62. The summed E-state index contributed by atoms with van der Waals surface area (Å²) in [6.07, 6.45) is 2.88. The third-order valence-corrected chi connectivity index (χ3v) is 4.38. The number of hydrogen-bond acceptors (Lipinski definition) is 6. The predicted octanol–water partition coefficient (Wildman–Crippen LogP) is 4.34. The molecule has 7 nitrogen and oxygen atoms in total. The zero-order valence-corrected chi connectivity index (χ0v) is 16.2. The van der Waals surface area contributed by atoms with Gasteiger partial charge in [0.15, 0.2) is 0 Å². The van der Waals surface area contributed by atoms with Crippen LogP contribution >= 0.6 is 0 Å². The first-order valence-corrected chi connectivity index (χ1v) is 8.71. The molecule has 1 unspecified atom stereocenters. The van der Waals surface area contributed by atoms with Crippen LogP contribution in [0.25, 0.3) is 6.08 Å². The maximum absolute atomic E-state index is 11.7. The molecule has 0 radical (unpaired) electrons. The van der Waals surface area contributed by atoms with Crippen molar-refractivity contribution in [2.45, 2.75) is 40.2 Å². The van der Waals surface area contributed by atoms with Gasteiger partial charge in [0.25, 0.3) is 5.69 Å². The molecule has 7 heteroatoms. The molecule has 2 aromatic rings. The predicted molar refractivity (Wildman–Crippen MR) is 106 cm³/mol. The van der Waals surface area contributed by atoms with Crippen LogP contribution in [-0.2, 0) is 0 Å². The first-order chi connectivity index (χ1) is 13.1. The number of hydrogen-bond donors (Lipinski definition) is 2. The molecule has 2 N–H and O–H groups in total. The van der Waals surface area contributed by atoms with Crippen LogP contribution in [-0.4, -0.2) is 15.1 Å². The van der Waals surface area contributed by atoms with Gasteiger partial charge in [-0.1, -0.05) is 23.3 Å². The Morgan fingerprint density at radius 2 is 1.82 bits per heavy atom. The van der Waals surface area contributed by atoms with Crippen molar-refractivity contribution in [1.82, 2.24) is 0 Å². The molecule has 1 atom stereocenters. The van der Waals surface area contributed by atoms with Gasteiger partial charge in [0.2, 0.25) is 0 Å². The van der Waals surface area contributed by atoms with E-state index in [-0.39, 0.29) is 29.2 Å². The summed E-state index contributed by atoms with van der Waals surface area (Å²) in [5.41, 5.74) is 2.36. The Morgan fingerprint density at radius 3 is 2.39 bits per heavy atom. The van der Waals surface area contributed by atoms with Gasteiger partial charge in [0, 0.05) is 24.1 Å². The van der Waals surface area contributed by atoms with Crippen LogP contribution in [0.1, 0.15) is 48.8 Å². The van der Waals surface area contributed by atoms with Gasteiger partial charge in [-0.25, -0.2) is 4.79 Å². The number of nitrogens with zero attached hydrogens (tertiary/aromatic N) is 1. The monoisotopic (exact) mass is 385 g/mol. The highest BCUT2D eigenvalue weighted by atomic mass is 16.6. The van der Waals surface area contributed by atoms with Crippen molar-refractivity contribution in [1.29, 1.82) is 0 Å². The number of aliphatic hydroxyl groups excluding tert-OH is 1. The number of aromatic hydroxyl groups is 1. The molecule has 0 aliphatic carbocycles. The van der Waals surface area contributed by atoms with E-state index in [9.17, 15) is 25.1 Å². The summed E-state index contributed by atoms with van der Waals surface area (Å²) >= 11 is 0. The van der Waals surface area contributed by atoms with Gasteiger partial charge >= 0.3 is 5.63 Å². The Balaban J connectivity index is 2.17. The summed E-state index contributed by atoms with van der Waals surface area (Å²) in [6, 6.07) is 6.20. The van der Waals surface area contributed by atoms with Crippen molar-refractivity contribution < 1.29 is 19.6 Å². The van der Waals surface area contributed by atoms with Crippen LogP contribution in [0.3, 0.4) is 0 Å². The van der Waals surface area contributed by atoms with Gasteiger partial charge in [0.1, 0.15) is 17.6 Å². The molecule has 0 spiro atoms. The summed E-state index contributed by atoms with van der Waals surface area (Å²) in [5.74, 6) is -0.112. The van der Waals surface area contributed by atoms with E-state index in [0.29, 0.717) is 5.56 Å². The third-order valence-electron chi connectivity index (χ3n) is 4.38. The molecular weight excluding hydrogens is 362 g/mol. The summed E-state index contributed by atoms with van der Waals surface area (Å²) in [5, 5.41) is 31.1. The largest absolute Gasteiger partial charge is 0.507 e. The Bertz CT molecular complexity index is 999. The van der Waals surface area contributed by atoms with Crippen LogP contribution in [0.15, 0.2) is 50.7 Å². The van der Waals surface area contributed by atoms with E-state index < -0.39 is 16.7 Å². The summed E-state index contributed by atoms with van der Waals surface area (Å²) < 4.78 is 5.15. The molecule has 0 saturated heterocycles. The molecule has 0 saturated carbocycles. The number of non-ortho nitro benzene ring substituents is 1. The summed E-state index contributed by atoms with van der Waals surface area (Å²) in [7, 11) is 0. The fourth-order valence-corrected chi connectivity index (χ4v) is 2.91. The molecule has 1 aromatic carbocycles. The zero-order chi connectivity index (χ0) is 21.0. The molecular formula is C21H23NO6. The van der Waals surface area contributed by atoms with Crippen LogP contribution in [0, 0.1) is 24.0 Å². The van der Waals surface area contributed by atoms with Crippen molar-refractivity contribution in [3.63, 3.8) is 0 Å². The first kappa shape index (κ1) is 21.1. The topological polar surface area (TPSA) is 114 Å². The minimum atomic E-state index is -1.07.